The minimum absolute atomic E-state index is 1.75. The molecule has 6 rings (SSSR count). The fourth-order valence-corrected chi connectivity index (χ4v) is 54.3. The van der Waals surface area contributed by atoms with Crippen LogP contribution in [0, 0.1) is 0 Å². The van der Waals surface area contributed by atoms with Gasteiger partial charge in [0.25, 0.3) is 0 Å². The smallest absolute Gasteiger partial charge is 0.394 e. The third kappa shape index (κ3) is 5.37. The van der Waals surface area contributed by atoms with Gasteiger partial charge in [-0.15, -0.1) is 0 Å². The molecule has 0 atom stereocenters. The van der Waals surface area contributed by atoms with Crippen LogP contribution in [0.5, 0.6) is 0 Å². The van der Waals surface area contributed by atoms with E-state index in [1.165, 1.54) is 0 Å². The van der Waals surface area contributed by atoms with Crippen molar-refractivity contribution in [2.75, 3.05) is 0 Å². The molecule has 6 aliphatic rings. The highest BCUT2D eigenvalue weighted by Crippen LogP contribution is 2.44. The highest BCUT2D eigenvalue weighted by molar-refractivity contribution is 6.99. The van der Waals surface area contributed by atoms with Gasteiger partial charge in [-0.1, -0.05) is 0 Å². The molecule has 0 amide bonds. The molecule has 0 aliphatic carbocycles. The molecule has 6 fully saturated rings. The Morgan fingerprint density at radius 2 is 0.441 bits per heavy atom. The number of hydrogen-bond donors (Lipinski definition) is 0. The van der Waals surface area contributed by atoms with E-state index >= 15 is 0 Å². The van der Waals surface area contributed by atoms with E-state index in [1.54, 1.807) is 52.4 Å². The lowest BCUT2D eigenvalue weighted by molar-refractivity contribution is 0.0167. The van der Waals surface area contributed by atoms with E-state index in [0.29, 0.717) is 0 Å². The van der Waals surface area contributed by atoms with E-state index in [2.05, 4.69) is 0 Å². The maximum Gasteiger partial charge on any atom is 0.475 e. The summed E-state index contributed by atoms with van der Waals surface area (Å²) in [4.78, 5) is 0. The largest absolute Gasteiger partial charge is 0.475 e. The molecule has 2 radical (unpaired) electrons. The zero-order chi connectivity index (χ0) is 25.1. The van der Waals surface area contributed by atoms with E-state index < -0.39 is 89.0 Å². The summed E-state index contributed by atoms with van der Waals surface area (Å²) in [5.41, 5.74) is 0. The van der Waals surface area contributed by atoms with Crippen molar-refractivity contribution in [3.63, 3.8) is 0 Å². The molecular formula is C10H30O14Si10. The van der Waals surface area contributed by atoms with Crippen molar-refractivity contribution in [3.8, 4) is 0 Å². The number of fused-ring (bicyclic) bond motifs is 4. The highest BCUT2D eigenvalue weighted by Gasteiger charge is 2.74. The predicted molar refractivity (Wildman–Crippen MR) is 131 cm³/mol. The molecular weight excluding hydrogens is 625 g/mol. The van der Waals surface area contributed by atoms with Crippen molar-refractivity contribution in [3.05, 3.63) is 0 Å². The molecule has 6 aliphatic heterocycles. The summed E-state index contributed by atoms with van der Waals surface area (Å²) in [6, 6.07) is 0. The molecule has 6 saturated heterocycles. The van der Waals surface area contributed by atoms with Crippen molar-refractivity contribution < 1.29 is 57.6 Å². The Morgan fingerprint density at radius 1 is 0.294 bits per heavy atom. The molecule has 6 heterocycles. The van der Waals surface area contributed by atoms with Gasteiger partial charge in [-0.05, 0) is 13.1 Å². The SMILES string of the molecule is C[Si]1O[Si]2(C)O[Si]3(C)O[Si]4(C)O[Si](C)O[Si]5(C)O[Si](C)(O[Si](C)(O1)O[Si](C)(O5)O[Si](C)(O2)O4)O3. The van der Waals surface area contributed by atoms with Gasteiger partial charge in [-0.3, -0.25) is 0 Å². The molecule has 0 aromatic heterocycles. The van der Waals surface area contributed by atoms with Crippen molar-refractivity contribution in [1.82, 2.24) is 0 Å². The Balaban J connectivity index is 1.81. The lowest BCUT2D eigenvalue weighted by Crippen LogP contribution is -2.81. The van der Waals surface area contributed by atoms with Crippen LogP contribution in [0.15, 0.2) is 0 Å². The minimum Gasteiger partial charge on any atom is -0.394 e. The van der Waals surface area contributed by atoms with Crippen LogP contribution >= 0.6 is 0 Å². The number of rotatable bonds is 0. The first kappa shape index (κ1) is 27.2. The van der Waals surface area contributed by atoms with Gasteiger partial charge >= 0.3 is 89.0 Å². The molecule has 8 bridgehead atoms. The second-order valence-electron chi connectivity index (χ2n) is 9.31. The highest BCUT2D eigenvalue weighted by atomic mass is 28.6. The van der Waals surface area contributed by atoms with E-state index in [0.717, 1.165) is 0 Å². The molecule has 14 nitrogen and oxygen atoms in total. The quantitative estimate of drug-likeness (QED) is 0.345. The van der Waals surface area contributed by atoms with Gasteiger partial charge in [-0.2, -0.15) is 0 Å². The molecule has 0 unspecified atom stereocenters. The minimum atomic E-state index is -3.64. The Hall–Kier alpha value is 1.61. The molecule has 0 aromatic carbocycles. The van der Waals surface area contributed by atoms with E-state index in [1.807, 2.05) is 13.1 Å². The van der Waals surface area contributed by atoms with Crippen LogP contribution in [0.25, 0.3) is 0 Å². The Kier molecular flexibility index (Phi) is 6.45. The van der Waals surface area contributed by atoms with E-state index in [9.17, 15) is 0 Å². The Labute approximate surface area is 211 Å². The molecule has 24 heteroatoms. The fourth-order valence-electron chi connectivity index (χ4n) is 4.95. The third-order valence-corrected chi connectivity index (χ3v) is 45.2. The van der Waals surface area contributed by atoms with Gasteiger partial charge in [0, 0.05) is 52.4 Å². The average molecular weight is 655 g/mol. The van der Waals surface area contributed by atoms with Crippen LogP contribution < -0.4 is 0 Å². The second kappa shape index (κ2) is 8.07. The maximum absolute atomic E-state index is 6.60. The van der Waals surface area contributed by atoms with E-state index in [4.69, 9.17) is 57.6 Å². The molecule has 0 saturated carbocycles. The first-order chi connectivity index (χ1) is 15.3. The summed E-state index contributed by atoms with van der Waals surface area (Å²) < 4.78 is 91.2. The molecule has 34 heavy (non-hydrogen) atoms. The van der Waals surface area contributed by atoms with Crippen LogP contribution in [0.4, 0.5) is 0 Å². The summed E-state index contributed by atoms with van der Waals surface area (Å²) in [6.45, 7) is 17.7. The average Bonchev–Trinajstić information content (AvgIpc) is 2.42. The van der Waals surface area contributed by atoms with Crippen LogP contribution in [-0.4, -0.2) is 89.0 Å². The lowest BCUT2D eigenvalue weighted by atomic mass is 11.9. The van der Waals surface area contributed by atoms with Crippen LogP contribution in [0.2, 0.25) is 65.5 Å². The molecule has 0 aromatic rings. The van der Waals surface area contributed by atoms with Crippen LogP contribution in [-0.2, 0) is 57.6 Å². The van der Waals surface area contributed by atoms with Gasteiger partial charge in [-0.25, -0.2) is 0 Å². The van der Waals surface area contributed by atoms with Gasteiger partial charge in [0.05, 0.1) is 0 Å². The number of hydrogen-bond acceptors (Lipinski definition) is 14. The standard InChI is InChI=1S/C10H30O14Si10/c1-25-11-27(3)15-31(7)19-29(5)13-26(2)14-30(6)21-33(9,23-31)17-28(4,12-25)18-34(10,22-30)24-32(8,16-27)20-29/h1-10H3. The zero-order valence-corrected chi connectivity index (χ0v) is 30.7. The molecule has 0 N–H and O–H groups in total. The summed E-state index contributed by atoms with van der Waals surface area (Å²) in [5.74, 6) is 0. The summed E-state index contributed by atoms with van der Waals surface area (Å²) >= 11 is 0. The van der Waals surface area contributed by atoms with Gasteiger partial charge in [0.15, 0.2) is 0 Å². The van der Waals surface area contributed by atoms with Crippen LogP contribution in [0.3, 0.4) is 0 Å². The maximum atomic E-state index is 6.60. The van der Waals surface area contributed by atoms with Gasteiger partial charge in [0.2, 0.25) is 0 Å². The molecule has 0 spiro atoms. The Morgan fingerprint density at radius 3 is 0.618 bits per heavy atom. The lowest BCUT2D eigenvalue weighted by Gasteiger charge is -2.56. The second-order valence-corrected chi connectivity index (χ2v) is 36.5. The van der Waals surface area contributed by atoms with Crippen molar-refractivity contribution in [2.24, 2.45) is 0 Å². The van der Waals surface area contributed by atoms with Crippen molar-refractivity contribution in [1.29, 1.82) is 0 Å². The zero-order valence-electron chi connectivity index (χ0n) is 20.7. The van der Waals surface area contributed by atoms with Gasteiger partial charge in [0.1, 0.15) is 0 Å². The monoisotopic (exact) mass is 654 g/mol. The van der Waals surface area contributed by atoms with Crippen LogP contribution in [0.1, 0.15) is 0 Å². The van der Waals surface area contributed by atoms with Crippen molar-refractivity contribution >= 4 is 89.0 Å². The Bertz CT molecular complexity index is 709. The van der Waals surface area contributed by atoms with E-state index in [-0.39, 0.29) is 0 Å². The summed E-state index contributed by atoms with van der Waals surface area (Å²) in [6.07, 6.45) is 0. The topological polar surface area (TPSA) is 129 Å². The summed E-state index contributed by atoms with van der Waals surface area (Å²) in [5, 5.41) is 0. The first-order valence-electron chi connectivity index (χ1n) is 10.7. The fraction of sp³-hybridized carbons (Fsp3) is 1.00. The molecule has 194 valence electrons. The third-order valence-electron chi connectivity index (χ3n) is 5.02. The van der Waals surface area contributed by atoms with Gasteiger partial charge < -0.3 is 57.6 Å². The van der Waals surface area contributed by atoms with Crippen molar-refractivity contribution in [2.45, 2.75) is 65.5 Å². The summed E-state index contributed by atoms with van der Waals surface area (Å²) in [7, 11) is -32.6. The predicted octanol–water partition coefficient (Wildman–Crippen LogP) is 1.07. The normalized spacial score (nSPS) is 59.1. The first-order valence-corrected chi connectivity index (χ1v) is 32.1.